The summed E-state index contributed by atoms with van der Waals surface area (Å²) in [5.41, 5.74) is -0.665. The number of carbonyl (C=O) groups is 2. The predicted octanol–water partition coefficient (Wildman–Crippen LogP) is 1.88. The maximum Gasteiger partial charge on any atom is 0.573 e. The summed E-state index contributed by atoms with van der Waals surface area (Å²) in [7, 11) is 0. The topological polar surface area (TPSA) is 84.9 Å². The van der Waals surface area contributed by atoms with Crippen molar-refractivity contribution in [3.63, 3.8) is 0 Å². The van der Waals surface area contributed by atoms with E-state index in [1.165, 1.54) is 12.1 Å². The van der Waals surface area contributed by atoms with Gasteiger partial charge in [0.05, 0.1) is 25.0 Å². The summed E-state index contributed by atoms with van der Waals surface area (Å²) in [5.74, 6) is -1.98. The zero-order valence-corrected chi connectivity index (χ0v) is 12.6. The standard InChI is InChI=1S/C15H16F3NO5/c16-15(17,18)24-11-3-1-2-10(6-11)7-12(20)19-14(8-13(21)22)4-5-23-9-14/h1-3,6H,4-5,7-9H2,(H,19,20)(H,21,22). The molecule has 0 saturated carbocycles. The van der Waals surface area contributed by atoms with Gasteiger partial charge in [-0.2, -0.15) is 0 Å². The summed E-state index contributed by atoms with van der Waals surface area (Å²) in [5, 5.41) is 11.6. The minimum Gasteiger partial charge on any atom is -0.481 e. The zero-order chi connectivity index (χ0) is 17.8. The van der Waals surface area contributed by atoms with Crippen molar-refractivity contribution in [2.24, 2.45) is 0 Å². The number of carbonyl (C=O) groups excluding carboxylic acids is 1. The second-order valence-corrected chi connectivity index (χ2v) is 5.57. The van der Waals surface area contributed by atoms with Gasteiger partial charge in [0.2, 0.25) is 5.91 Å². The number of ether oxygens (including phenoxy) is 2. The fraction of sp³-hybridized carbons (Fsp3) is 0.467. The lowest BCUT2D eigenvalue weighted by Crippen LogP contribution is -2.51. The van der Waals surface area contributed by atoms with E-state index >= 15 is 0 Å². The first-order chi connectivity index (χ1) is 11.2. The third-order valence-corrected chi connectivity index (χ3v) is 3.49. The number of hydrogen-bond donors (Lipinski definition) is 2. The average Bonchev–Trinajstić information content (AvgIpc) is 2.83. The van der Waals surface area contributed by atoms with Gasteiger partial charge in [-0.25, -0.2) is 0 Å². The van der Waals surface area contributed by atoms with Crippen molar-refractivity contribution >= 4 is 11.9 Å². The molecule has 1 aromatic carbocycles. The van der Waals surface area contributed by atoms with E-state index < -0.39 is 29.5 Å². The molecule has 1 atom stereocenters. The lowest BCUT2D eigenvalue weighted by atomic mass is 9.94. The number of hydrogen-bond acceptors (Lipinski definition) is 4. The molecule has 1 amide bonds. The van der Waals surface area contributed by atoms with Gasteiger partial charge in [-0.1, -0.05) is 12.1 Å². The Bertz CT molecular complexity index is 611. The van der Waals surface area contributed by atoms with E-state index in [2.05, 4.69) is 10.1 Å². The zero-order valence-electron chi connectivity index (χ0n) is 12.6. The summed E-state index contributed by atoms with van der Waals surface area (Å²) in [6, 6.07) is 5.07. The quantitative estimate of drug-likeness (QED) is 0.821. The molecule has 1 aliphatic heterocycles. The van der Waals surface area contributed by atoms with Gasteiger partial charge in [-0.15, -0.1) is 13.2 Å². The van der Waals surface area contributed by atoms with Crippen LogP contribution in [0.25, 0.3) is 0 Å². The number of benzene rings is 1. The number of carboxylic acids is 1. The van der Waals surface area contributed by atoms with Crippen molar-refractivity contribution in [1.82, 2.24) is 5.32 Å². The predicted molar refractivity (Wildman–Crippen MR) is 75.4 cm³/mol. The fourth-order valence-electron chi connectivity index (χ4n) is 2.56. The monoisotopic (exact) mass is 347 g/mol. The summed E-state index contributed by atoms with van der Waals surface area (Å²) >= 11 is 0. The van der Waals surface area contributed by atoms with Crippen LogP contribution in [0.3, 0.4) is 0 Å². The lowest BCUT2D eigenvalue weighted by Gasteiger charge is -2.27. The van der Waals surface area contributed by atoms with Crippen molar-refractivity contribution in [3.05, 3.63) is 29.8 Å². The molecule has 1 aliphatic rings. The Kier molecular flexibility index (Phi) is 5.33. The highest BCUT2D eigenvalue weighted by Crippen LogP contribution is 2.25. The van der Waals surface area contributed by atoms with Gasteiger partial charge in [0, 0.05) is 6.61 Å². The second kappa shape index (κ2) is 7.08. The molecule has 6 nitrogen and oxygen atoms in total. The van der Waals surface area contributed by atoms with Crippen LogP contribution in [0.1, 0.15) is 18.4 Å². The molecular formula is C15H16F3NO5. The van der Waals surface area contributed by atoms with Crippen molar-refractivity contribution < 1.29 is 37.3 Å². The highest BCUT2D eigenvalue weighted by atomic mass is 19.4. The summed E-state index contributed by atoms with van der Waals surface area (Å²) in [4.78, 5) is 23.1. The van der Waals surface area contributed by atoms with Crippen LogP contribution in [0.2, 0.25) is 0 Å². The molecule has 2 N–H and O–H groups in total. The van der Waals surface area contributed by atoms with Crippen molar-refractivity contribution in [1.29, 1.82) is 0 Å². The Morgan fingerprint density at radius 3 is 2.71 bits per heavy atom. The number of halogens is 3. The molecule has 0 bridgehead atoms. The van der Waals surface area contributed by atoms with Crippen molar-refractivity contribution in [2.45, 2.75) is 31.2 Å². The van der Waals surface area contributed by atoms with E-state index in [1.54, 1.807) is 0 Å². The first kappa shape index (κ1) is 18.1. The number of carboxylic acid groups (broad SMARTS) is 1. The normalized spacial score (nSPS) is 20.6. The number of aliphatic carboxylic acids is 1. The van der Waals surface area contributed by atoms with Crippen LogP contribution in [-0.4, -0.2) is 42.1 Å². The molecule has 24 heavy (non-hydrogen) atoms. The Morgan fingerprint density at radius 2 is 2.12 bits per heavy atom. The van der Waals surface area contributed by atoms with Gasteiger partial charge < -0.3 is 19.9 Å². The van der Waals surface area contributed by atoms with Gasteiger partial charge in [-0.3, -0.25) is 9.59 Å². The van der Waals surface area contributed by atoms with E-state index in [4.69, 9.17) is 9.84 Å². The first-order valence-electron chi connectivity index (χ1n) is 7.13. The van der Waals surface area contributed by atoms with E-state index in [9.17, 15) is 22.8 Å². The number of amides is 1. The van der Waals surface area contributed by atoms with Gasteiger partial charge in [0.1, 0.15) is 5.75 Å². The second-order valence-electron chi connectivity index (χ2n) is 5.57. The van der Waals surface area contributed by atoms with E-state index in [1.807, 2.05) is 0 Å². The maximum atomic E-state index is 12.2. The van der Waals surface area contributed by atoms with Crippen LogP contribution in [0, 0.1) is 0 Å². The third-order valence-electron chi connectivity index (χ3n) is 3.49. The molecule has 1 aromatic rings. The minimum absolute atomic E-state index is 0.0856. The summed E-state index contributed by atoms with van der Waals surface area (Å²) in [6.45, 7) is 0.421. The molecule has 0 radical (unpaired) electrons. The molecule has 2 rings (SSSR count). The van der Waals surface area contributed by atoms with E-state index in [0.717, 1.165) is 12.1 Å². The fourth-order valence-corrected chi connectivity index (χ4v) is 2.56. The molecule has 9 heteroatoms. The molecule has 0 spiro atoms. The van der Waals surface area contributed by atoms with Crippen LogP contribution < -0.4 is 10.1 Å². The largest absolute Gasteiger partial charge is 0.573 e. The molecule has 1 unspecified atom stereocenters. The SMILES string of the molecule is O=C(O)CC1(NC(=O)Cc2cccc(OC(F)(F)F)c2)CCOC1. The van der Waals surface area contributed by atoms with Gasteiger partial charge >= 0.3 is 12.3 Å². The van der Waals surface area contributed by atoms with Gasteiger partial charge in [0.25, 0.3) is 0 Å². The molecule has 0 aliphatic carbocycles. The summed E-state index contributed by atoms with van der Waals surface area (Å²) in [6.07, 6.45) is -4.93. The molecule has 1 heterocycles. The van der Waals surface area contributed by atoms with Crippen LogP contribution >= 0.6 is 0 Å². The third kappa shape index (κ3) is 5.41. The number of rotatable bonds is 6. The van der Waals surface area contributed by atoms with Crippen LogP contribution in [0.4, 0.5) is 13.2 Å². The van der Waals surface area contributed by atoms with Gasteiger partial charge in [0.15, 0.2) is 0 Å². The molecule has 132 valence electrons. The Balaban J connectivity index is 2.01. The highest BCUT2D eigenvalue weighted by Gasteiger charge is 2.38. The Labute approximate surface area is 135 Å². The van der Waals surface area contributed by atoms with Crippen LogP contribution in [-0.2, 0) is 20.7 Å². The molecule has 0 aromatic heterocycles. The minimum atomic E-state index is -4.81. The average molecular weight is 347 g/mol. The first-order valence-corrected chi connectivity index (χ1v) is 7.13. The molecule has 1 fully saturated rings. The lowest BCUT2D eigenvalue weighted by molar-refractivity contribution is -0.274. The summed E-state index contributed by atoms with van der Waals surface area (Å²) < 4.78 is 45.6. The van der Waals surface area contributed by atoms with Gasteiger partial charge in [-0.05, 0) is 24.1 Å². The van der Waals surface area contributed by atoms with Crippen LogP contribution in [0.15, 0.2) is 24.3 Å². The number of nitrogens with one attached hydrogen (secondary N) is 1. The Hall–Kier alpha value is -2.29. The van der Waals surface area contributed by atoms with Crippen molar-refractivity contribution in [3.8, 4) is 5.75 Å². The maximum absolute atomic E-state index is 12.2. The Morgan fingerprint density at radius 1 is 1.38 bits per heavy atom. The number of alkyl halides is 3. The van der Waals surface area contributed by atoms with E-state index in [-0.39, 0.29) is 19.4 Å². The van der Waals surface area contributed by atoms with Crippen LogP contribution in [0.5, 0.6) is 5.75 Å². The smallest absolute Gasteiger partial charge is 0.481 e. The van der Waals surface area contributed by atoms with Crippen molar-refractivity contribution in [2.75, 3.05) is 13.2 Å². The highest BCUT2D eigenvalue weighted by molar-refractivity contribution is 5.80. The van der Waals surface area contributed by atoms with E-state index in [0.29, 0.717) is 18.6 Å². The molecule has 1 saturated heterocycles. The molecular weight excluding hydrogens is 331 g/mol.